The van der Waals surface area contributed by atoms with Gasteiger partial charge in [0, 0.05) is 18.2 Å². The first-order valence-electron chi connectivity index (χ1n) is 14.4. The van der Waals surface area contributed by atoms with E-state index < -0.39 is 19.7 Å². The number of hydrogen-bond donors (Lipinski definition) is 3. The van der Waals surface area contributed by atoms with Crippen molar-refractivity contribution < 1.29 is 16.8 Å². The fraction of sp³-hybridized carbons (Fsp3) is 0.118. The van der Waals surface area contributed by atoms with Gasteiger partial charge in [0.25, 0.3) is 0 Å². The highest BCUT2D eigenvalue weighted by molar-refractivity contribution is 7.91. The molecule has 0 aliphatic heterocycles. The van der Waals surface area contributed by atoms with Crippen molar-refractivity contribution in [1.29, 1.82) is 0 Å². The Morgan fingerprint density at radius 1 is 0.574 bits per heavy atom. The number of sulfone groups is 2. The van der Waals surface area contributed by atoms with Gasteiger partial charge < -0.3 is 5.32 Å². The van der Waals surface area contributed by atoms with Crippen molar-refractivity contribution in [3.63, 3.8) is 0 Å². The topological polar surface area (TPSA) is 155 Å². The summed E-state index contributed by atoms with van der Waals surface area (Å²) in [6.45, 7) is 3.60. The molecule has 0 radical (unpaired) electrons. The Balaban J connectivity index is 1.57. The van der Waals surface area contributed by atoms with Gasteiger partial charge in [-0.05, 0) is 66.9 Å². The molecule has 0 fully saturated rings. The second-order valence-corrected chi connectivity index (χ2v) is 14.7. The number of para-hydroxylation sites is 1. The summed E-state index contributed by atoms with van der Waals surface area (Å²) in [7, 11) is -6.66. The summed E-state index contributed by atoms with van der Waals surface area (Å²) in [5.74, 6) is 1.03. The summed E-state index contributed by atoms with van der Waals surface area (Å²) >= 11 is 0. The number of nitrogens with zero attached hydrogens (tertiary/aromatic N) is 4. The maximum atomic E-state index is 11.9. The number of rotatable bonds is 11. The molecule has 240 valence electrons. The third-order valence-corrected chi connectivity index (χ3v) is 9.32. The highest BCUT2D eigenvalue weighted by Crippen LogP contribution is 2.35. The van der Waals surface area contributed by atoms with Crippen LogP contribution in [-0.4, -0.2) is 50.7 Å². The molecule has 0 saturated heterocycles. The second-order valence-electron chi connectivity index (χ2n) is 10.7. The van der Waals surface area contributed by atoms with Crippen molar-refractivity contribution in [3.8, 4) is 11.1 Å². The molecule has 0 atom stereocenters. The van der Waals surface area contributed by atoms with Crippen molar-refractivity contribution in [2.24, 2.45) is 10.2 Å². The molecule has 0 unspecified atom stereocenters. The van der Waals surface area contributed by atoms with Crippen LogP contribution in [0.5, 0.6) is 0 Å². The summed E-state index contributed by atoms with van der Waals surface area (Å²) in [5, 5.41) is 12.4. The number of nitrogens with one attached hydrogen (secondary N) is 3. The van der Waals surface area contributed by atoms with Crippen LogP contribution in [0.25, 0.3) is 11.1 Å². The van der Waals surface area contributed by atoms with E-state index in [-0.39, 0.29) is 15.7 Å². The Morgan fingerprint density at radius 3 is 1.38 bits per heavy atom. The maximum absolute atomic E-state index is 11.9. The molecule has 13 heteroatoms. The molecule has 0 bridgehead atoms. The van der Waals surface area contributed by atoms with Gasteiger partial charge in [-0.15, -0.1) is 0 Å². The fourth-order valence-electron chi connectivity index (χ4n) is 4.50. The lowest BCUT2D eigenvalue weighted by molar-refractivity contribution is 0.600. The van der Waals surface area contributed by atoms with Crippen LogP contribution in [0.15, 0.2) is 129 Å². The van der Waals surface area contributed by atoms with Crippen LogP contribution in [0, 0.1) is 0 Å². The van der Waals surface area contributed by atoms with Crippen LogP contribution in [0.4, 0.5) is 23.3 Å². The monoisotopic (exact) mass is 667 g/mol. The van der Waals surface area contributed by atoms with E-state index in [0.29, 0.717) is 28.6 Å². The number of hydrogen-bond acceptors (Lipinski definition) is 11. The molecular formula is C34H33N7O4S2. The lowest BCUT2D eigenvalue weighted by Gasteiger charge is -2.16. The molecule has 0 spiro atoms. The molecule has 0 amide bonds. The second kappa shape index (κ2) is 13.9. The van der Waals surface area contributed by atoms with E-state index in [1.54, 1.807) is 62.4 Å². The minimum absolute atomic E-state index is 0.221. The molecule has 0 saturated carbocycles. The van der Waals surface area contributed by atoms with Gasteiger partial charge in [-0.2, -0.15) is 20.2 Å². The first kappa shape index (κ1) is 33.0. The zero-order chi connectivity index (χ0) is 33.6. The Hall–Kier alpha value is -5.40. The van der Waals surface area contributed by atoms with Crippen LogP contribution < -0.4 is 16.2 Å². The van der Waals surface area contributed by atoms with Crippen LogP contribution in [0.1, 0.15) is 25.0 Å². The average molecular weight is 668 g/mol. The largest absolute Gasteiger partial charge is 0.324 e. The molecule has 0 aliphatic rings. The van der Waals surface area contributed by atoms with E-state index in [9.17, 15) is 16.8 Å². The van der Waals surface area contributed by atoms with Crippen molar-refractivity contribution in [1.82, 2.24) is 9.97 Å². The molecule has 5 aromatic rings. The van der Waals surface area contributed by atoms with Crippen molar-refractivity contribution in [2.45, 2.75) is 23.6 Å². The third-order valence-electron chi connectivity index (χ3n) is 7.06. The molecule has 1 aromatic heterocycles. The lowest BCUT2D eigenvalue weighted by atomic mass is 10.1. The van der Waals surface area contributed by atoms with Gasteiger partial charge in [0.15, 0.2) is 31.3 Å². The normalized spacial score (nSPS) is 12.4. The van der Waals surface area contributed by atoms with E-state index in [2.05, 4.69) is 26.4 Å². The van der Waals surface area contributed by atoms with Gasteiger partial charge in [-0.3, -0.25) is 10.9 Å². The highest BCUT2D eigenvalue weighted by atomic mass is 32.2. The lowest BCUT2D eigenvalue weighted by Crippen LogP contribution is -2.09. The molecule has 0 aliphatic carbocycles. The van der Waals surface area contributed by atoms with Gasteiger partial charge in [-0.25, -0.2) is 16.8 Å². The molecule has 11 nitrogen and oxygen atoms in total. The zero-order valence-electron chi connectivity index (χ0n) is 26.1. The minimum Gasteiger partial charge on any atom is -0.324 e. The Bertz CT molecular complexity index is 2040. The summed E-state index contributed by atoms with van der Waals surface area (Å²) in [4.78, 5) is 9.98. The number of benzene rings is 4. The number of aromatic nitrogens is 2. The van der Waals surface area contributed by atoms with Crippen LogP contribution in [0.3, 0.4) is 0 Å². The summed E-state index contributed by atoms with van der Waals surface area (Å²) in [6.07, 6.45) is 2.33. The maximum Gasteiger partial charge on any atom is 0.231 e. The SMILES string of the molecule is CC(=NNc1nc(Nc2ccccc2)nc(NN=C(C)c2ccc(S(C)(=O)=O)cc2)c1-c1ccccc1)c1ccc(S(C)(=O)=O)cc1. The smallest absolute Gasteiger partial charge is 0.231 e. The summed E-state index contributed by atoms with van der Waals surface area (Å²) < 4.78 is 47.7. The summed E-state index contributed by atoms with van der Waals surface area (Å²) in [6, 6.07) is 32.0. The predicted molar refractivity (Wildman–Crippen MR) is 188 cm³/mol. The van der Waals surface area contributed by atoms with E-state index in [1.807, 2.05) is 60.7 Å². The average Bonchev–Trinajstić information content (AvgIpc) is 3.06. The Kier molecular flexibility index (Phi) is 9.78. The molecule has 5 rings (SSSR count). The quantitative estimate of drug-likeness (QED) is 0.108. The first-order chi connectivity index (χ1) is 22.4. The zero-order valence-corrected chi connectivity index (χ0v) is 27.8. The van der Waals surface area contributed by atoms with E-state index in [1.165, 1.54) is 0 Å². The molecular weight excluding hydrogens is 635 g/mol. The van der Waals surface area contributed by atoms with E-state index >= 15 is 0 Å². The van der Waals surface area contributed by atoms with E-state index in [4.69, 9.17) is 9.97 Å². The van der Waals surface area contributed by atoms with Gasteiger partial charge in [0.2, 0.25) is 5.95 Å². The molecule has 3 N–H and O–H groups in total. The predicted octanol–water partition coefficient (Wildman–Crippen LogP) is 6.37. The van der Waals surface area contributed by atoms with E-state index in [0.717, 1.165) is 34.9 Å². The van der Waals surface area contributed by atoms with Gasteiger partial charge in [0.05, 0.1) is 26.8 Å². The van der Waals surface area contributed by atoms with Crippen LogP contribution >= 0.6 is 0 Å². The molecule has 4 aromatic carbocycles. The molecule has 47 heavy (non-hydrogen) atoms. The fourth-order valence-corrected chi connectivity index (χ4v) is 5.76. The minimum atomic E-state index is -3.33. The van der Waals surface area contributed by atoms with Gasteiger partial charge in [0.1, 0.15) is 0 Å². The standard InChI is InChI=1S/C34H33N7O4S2/c1-23(25-15-19-29(20-16-25)46(3,42)43)38-40-32-31(27-11-7-5-8-12-27)33(37-34(36-32)35-28-13-9-6-10-14-28)41-39-24(2)26-17-21-30(22-18-26)47(4,44)45/h5-22H,1-4H3,(H3,35,36,37,40,41). The van der Waals surface area contributed by atoms with Crippen molar-refractivity contribution in [2.75, 3.05) is 28.7 Å². The van der Waals surface area contributed by atoms with Crippen molar-refractivity contribution >= 4 is 54.4 Å². The molecule has 1 heterocycles. The van der Waals surface area contributed by atoms with Gasteiger partial charge in [-0.1, -0.05) is 72.8 Å². The number of anilines is 4. The van der Waals surface area contributed by atoms with Gasteiger partial charge >= 0.3 is 0 Å². The first-order valence-corrected chi connectivity index (χ1v) is 18.2. The van der Waals surface area contributed by atoms with Crippen LogP contribution in [-0.2, 0) is 19.7 Å². The third kappa shape index (κ3) is 8.45. The Morgan fingerprint density at radius 2 is 0.979 bits per heavy atom. The van der Waals surface area contributed by atoms with Crippen LogP contribution in [0.2, 0.25) is 0 Å². The summed E-state index contributed by atoms with van der Waals surface area (Å²) in [5.41, 5.74) is 11.0. The van der Waals surface area contributed by atoms with Crippen molar-refractivity contribution in [3.05, 3.63) is 120 Å². The number of hydrazone groups is 2. The Labute approximate surface area is 274 Å². The highest BCUT2D eigenvalue weighted by Gasteiger charge is 2.18.